The van der Waals surface area contributed by atoms with Crippen molar-refractivity contribution in [3.63, 3.8) is 0 Å². The van der Waals surface area contributed by atoms with E-state index in [1.54, 1.807) is 24.3 Å². The van der Waals surface area contributed by atoms with E-state index in [0.29, 0.717) is 28.8 Å². The molecular formula is C21H25ClN4O3. The summed E-state index contributed by atoms with van der Waals surface area (Å²) in [5, 5.41) is 6.23. The molecule has 7 nitrogen and oxygen atoms in total. The number of halogens is 1. The van der Waals surface area contributed by atoms with Gasteiger partial charge in [0.2, 0.25) is 5.91 Å². The van der Waals surface area contributed by atoms with Crippen LogP contribution in [-0.4, -0.2) is 53.8 Å². The van der Waals surface area contributed by atoms with Gasteiger partial charge in [0, 0.05) is 18.1 Å². The van der Waals surface area contributed by atoms with Crippen LogP contribution in [0.4, 0.5) is 4.79 Å². The van der Waals surface area contributed by atoms with E-state index < -0.39 is 6.04 Å². The second-order valence-corrected chi connectivity index (χ2v) is 7.99. The van der Waals surface area contributed by atoms with Crippen molar-refractivity contribution in [1.82, 2.24) is 20.4 Å². The van der Waals surface area contributed by atoms with Crippen molar-refractivity contribution in [2.75, 3.05) is 26.2 Å². The van der Waals surface area contributed by atoms with Crippen LogP contribution in [0.25, 0.3) is 0 Å². The van der Waals surface area contributed by atoms with Crippen LogP contribution in [0.5, 0.6) is 0 Å². The van der Waals surface area contributed by atoms with Gasteiger partial charge >= 0.3 is 6.03 Å². The number of urea groups is 1. The number of carbonyl (C=O) groups is 3. The number of rotatable bonds is 7. The summed E-state index contributed by atoms with van der Waals surface area (Å²) in [4.78, 5) is 41.1. The van der Waals surface area contributed by atoms with Gasteiger partial charge in [-0.2, -0.15) is 0 Å². The van der Waals surface area contributed by atoms with Crippen molar-refractivity contribution in [2.24, 2.45) is 5.92 Å². The lowest BCUT2D eigenvalue weighted by atomic mass is 9.95. The smallest absolute Gasteiger partial charge is 0.322 e. The maximum atomic E-state index is 13.2. The van der Waals surface area contributed by atoms with E-state index in [1.807, 2.05) is 19.9 Å². The summed E-state index contributed by atoms with van der Waals surface area (Å²) in [5.41, 5.74) is 1.78. The number of nitrogens with zero attached hydrogens (tertiary/aromatic N) is 2. The van der Waals surface area contributed by atoms with Gasteiger partial charge in [0.05, 0.1) is 23.9 Å². The minimum absolute atomic E-state index is 0.0586. The van der Waals surface area contributed by atoms with E-state index in [1.165, 1.54) is 9.80 Å². The molecule has 1 aromatic rings. The first-order chi connectivity index (χ1) is 13.8. The molecule has 1 atom stereocenters. The third-order valence-electron chi connectivity index (χ3n) is 4.83. The van der Waals surface area contributed by atoms with Crippen molar-refractivity contribution in [3.05, 3.63) is 58.8 Å². The molecular weight excluding hydrogens is 392 g/mol. The van der Waals surface area contributed by atoms with E-state index in [4.69, 9.17) is 11.6 Å². The quantitative estimate of drug-likeness (QED) is 0.670. The Morgan fingerprint density at radius 1 is 1.41 bits per heavy atom. The molecule has 2 aliphatic rings. The minimum Gasteiger partial charge on any atom is -0.354 e. The molecule has 0 aliphatic carbocycles. The highest BCUT2D eigenvalue weighted by atomic mass is 35.5. The Kier molecular flexibility index (Phi) is 6.27. The highest BCUT2D eigenvalue weighted by molar-refractivity contribution is 6.30. The molecule has 4 amide bonds. The van der Waals surface area contributed by atoms with Crippen molar-refractivity contribution in [3.8, 4) is 0 Å². The van der Waals surface area contributed by atoms with E-state index in [-0.39, 0.29) is 37.5 Å². The van der Waals surface area contributed by atoms with E-state index in [9.17, 15) is 14.4 Å². The van der Waals surface area contributed by atoms with Crippen LogP contribution < -0.4 is 10.6 Å². The molecule has 0 saturated carbocycles. The number of hydrogen-bond donors (Lipinski definition) is 2. The fraction of sp³-hybridized carbons (Fsp3) is 0.381. The normalized spacial score (nSPS) is 18.8. The molecule has 0 fully saturated rings. The predicted octanol–water partition coefficient (Wildman–Crippen LogP) is 2.46. The van der Waals surface area contributed by atoms with E-state index >= 15 is 0 Å². The summed E-state index contributed by atoms with van der Waals surface area (Å²) in [6.07, 6.45) is 1.60. The van der Waals surface area contributed by atoms with Gasteiger partial charge in [-0.15, -0.1) is 6.58 Å². The van der Waals surface area contributed by atoms with Gasteiger partial charge in [0.1, 0.15) is 6.54 Å². The molecule has 1 unspecified atom stereocenters. The molecule has 0 bridgehead atoms. The molecule has 2 heterocycles. The summed E-state index contributed by atoms with van der Waals surface area (Å²) in [7, 11) is 0. The Hall–Kier alpha value is -2.80. The van der Waals surface area contributed by atoms with Crippen LogP contribution >= 0.6 is 11.6 Å². The third kappa shape index (κ3) is 4.45. The van der Waals surface area contributed by atoms with E-state index in [0.717, 1.165) is 5.56 Å². The molecule has 29 heavy (non-hydrogen) atoms. The second kappa shape index (κ2) is 8.69. The van der Waals surface area contributed by atoms with E-state index in [2.05, 4.69) is 17.2 Å². The van der Waals surface area contributed by atoms with Gasteiger partial charge in [0.15, 0.2) is 0 Å². The summed E-state index contributed by atoms with van der Waals surface area (Å²) >= 11 is 6.12. The SMILES string of the molecule is C=CCN1C(=O)NC(c2cccc(Cl)c2)C2=C1CN(CC(=O)NCC(C)C)C2=O. The first-order valence-electron chi connectivity index (χ1n) is 9.55. The van der Waals surface area contributed by atoms with Gasteiger partial charge in [-0.05, 0) is 23.6 Å². The molecule has 2 N–H and O–H groups in total. The van der Waals surface area contributed by atoms with Crippen molar-refractivity contribution in [1.29, 1.82) is 0 Å². The fourth-order valence-electron chi connectivity index (χ4n) is 3.48. The highest BCUT2D eigenvalue weighted by Crippen LogP contribution is 2.36. The lowest BCUT2D eigenvalue weighted by Crippen LogP contribution is -2.47. The summed E-state index contributed by atoms with van der Waals surface area (Å²) < 4.78 is 0. The Morgan fingerprint density at radius 2 is 2.17 bits per heavy atom. The molecule has 3 rings (SSSR count). The maximum Gasteiger partial charge on any atom is 0.322 e. The van der Waals surface area contributed by atoms with Gasteiger partial charge in [-0.25, -0.2) is 4.79 Å². The predicted molar refractivity (Wildman–Crippen MR) is 111 cm³/mol. The van der Waals surface area contributed by atoms with Crippen LogP contribution in [0.15, 0.2) is 48.2 Å². The van der Waals surface area contributed by atoms with Crippen molar-refractivity contribution < 1.29 is 14.4 Å². The zero-order chi connectivity index (χ0) is 21.1. The van der Waals surface area contributed by atoms with Gasteiger partial charge < -0.3 is 15.5 Å². The molecule has 8 heteroatoms. The Bertz CT molecular complexity index is 880. The minimum atomic E-state index is -0.617. The zero-order valence-corrected chi connectivity index (χ0v) is 17.3. The third-order valence-corrected chi connectivity index (χ3v) is 5.07. The highest BCUT2D eigenvalue weighted by Gasteiger charge is 2.44. The number of carbonyl (C=O) groups excluding carboxylic acids is 3. The molecule has 154 valence electrons. The van der Waals surface area contributed by atoms with Gasteiger partial charge in [0.25, 0.3) is 5.91 Å². The number of hydrogen-bond acceptors (Lipinski definition) is 3. The monoisotopic (exact) mass is 416 g/mol. The summed E-state index contributed by atoms with van der Waals surface area (Å²) in [6.45, 7) is 8.65. The van der Waals surface area contributed by atoms with Crippen LogP contribution in [0, 0.1) is 5.92 Å². The Labute approximate surface area is 175 Å². The van der Waals surface area contributed by atoms with Crippen LogP contribution in [0.3, 0.4) is 0 Å². The Morgan fingerprint density at radius 3 is 2.83 bits per heavy atom. The maximum absolute atomic E-state index is 13.2. The van der Waals surface area contributed by atoms with Crippen LogP contribution in [0.2, 0.25) is 5.02 Å². The van der Waals surface area contributed by atoms with Crippen LogP contribution in [0.1, 0.15) is 25.5 Å². The molecule has 2 aliphatic heterocycles. The van der Waals surface area contributed by atoms with Crippen LogP contribution in [-0.2, 0) is 9.59 Å². The topological polar surface area (TPSA) is 81.8 Å². The molecule has 0 saturated heterocycles. The average molecular weight is 417 g/mol. The largest absolute Gasteiger partial charge is 0.354 e. The average Bonchev–Trinajstić information content (AvgIpc) is 2.98. The second-order valence-electron chi connectivity index (χ2n) is 7.56. The Balaban J connectivity index is 1.89. The standard InChI is InChI=1S/C21H25ClN4O3/c1-4-8-26-16-11-25(12-17(27)23-10-13(2)3)20(28)18(16)19(24-21(26)29)14-6-5-7-15(22)9-14/h4-7,9,13,19H,1,8,10-12H2,2-3H3,(H,23,27)(H,24,29). The molecule has 0 aromatic heterocycles. The number of amides is 4. The molecule has 0 spiro atoms. The van der Waals surface area contributed by atoms with Gasteiger partial charge in [-0.3, -0.25) is 14.5 Å². The first-order valence-corrected chi connectivity index (χ1v) is 9.93. The number of nitrogens with one attached hydrogen (secondary N) is 2. The van der Waals surface area contributed by atoms with Gasteiger partial charge in [-0.1, -0.05) is 43.7 Å². The van der Waals surface area contributed by atoms with Crippen molar-refractivity contribution >= 4 is 29.4 Å². The lowest BCUT2D eigenvalue weighted by molar-refractivity contribution is -0.132. The lowest BCUT2D eigenvalue weighted by Gasteiger charge is -2.33. The molecule has 1 aromatic carbocycles. The van der Waals surface area contributed by atoms with Crippen molar-refractivity contribution in [2.45, 2.75) is 19.9 Å². The summed E-state index contributed by atoms with van der Waals surface area (Å²) in [5.74, 6) is -0.170. The number of benzene rings is 1. The summed E-state index contributed by atoms with van der Waals surface area (Å²) in [6, 6.07) is 6.12. The zero-order valence-electron chi connectivity index (χ0n) is 16.6. The fourth-order valence-corrected chi connectivity index (χ4v) is 3.68. The first kappa shape index (κ1) is 20.9. The molecule has 0 radical (unpaired) electrons.